The van der Waals surface area contributed by atoms with Crippen LogP contribution in [-0.4, -0.2) is 30.6 Å². The highest BCUT2D eigenvalue weighted by molar-refractivity contribution is 5.94. The molecule has 1 saturated heterocycles. The molecule has 2 heterocycles. The van der Waals surface area contributed by atoms with E-state index in [2.05, 4.69) is 0 Å². The lowest BCUT2D eigenvalue weighted by molar-refractivity contribution is 0.0735. The number of hydrogen-bond donors (Lipinski definition) is 0. The van der Waals surface area contributed by atoms with Gasteiger partial charge in [-0.1, -0.05) is 6.07 Å². The van der Waals surface area contributed by atoms with Gasteiger partial charge in [0.1, 0.15) is 0 Å². The van der Waals surface area contributed by atoms with Crippen LogP contribution in [0, 0.1) is 11.6 Å². The normalized spacial score (nSPS) is 19.3. The molecule has 2 aromatic rings. The van der Waals surface area contributed by atoms with Gasteiger partial charge in [-0.05, 0) is 48.7 Å². The van der Waals surface area contributed by atoms with Gasteiger partial charge in [-0.15, -0.1) is 0 Å². The van der Waals surface area contributed by atoms with Gasteiger partial charge in [0, 0.05) is 18.5 Å². The van der Waals surface area contributed by atoms with Gasteiger partial charge in [0.2, 0.25) is 0 Å². The van der Waals surface area contributed by atoms with E-state index in [1.165, 1.54) is 6.07 Å². The molecule has 0 bridgehead atoms. The summed E-state index contributed by atoms with van der Waals surface area (Å²) in [6.45, 7) is 1.80. The van der Waals surface area contributed by atoms with Crippen LogP contribution >= 0.6 is 0 Å². The fraction of sp³-hybridized carbons (Fsp3) is 0.350. The molecule has 0 aliphatic carbocycles. The van der Waals surface area contributed by atoms with Crippen molar-refractivity contribution in [3.63, 3.8) is 0 Å². The van der Waals surface area contributed by atoms with Crippen molar-refractivity contribution in [2.75, 3.05) is 19.8 Å². The van der Waals surface area contributed by atoms with Crippen molar-refractivity contribution in [1.82, 2.24) is 4.90 Å². The first kappa shape index (κ1) is 16.8. The average molecular weight is 359 g/mol. The van der Waals surface area contributed by atoms with Gasteiger partial charge in [0.15, 0.2) is 23.1 Å². The Hall–Kier alpha value is -2.63. The molecule has 4 nitrogen and oxygen atoms in total. The molecule has 6 heteroatoms. The summed E-state index contributed by atoms with van der Waals surface area (Å²) in [6.07, 6.45) is 2.50. The third-order valence-corrected chi connectivity index (χ3v) is 4.84. The summed E-state index contributed by atoms with van der Waals surface area (Å²) >= 11 is 0. The lowest BCUT2D eigenvalue weighted by atomic mass is 10.0. The molecular weight excluding hydrogens is 340 g/mol. The van der Waals surface area contributed by atoms with Crippen molar-refractivity contribution in [3.8, 4) is 11.5 Å². The molecule has 0 aromatic heterocycles. The van der Waals surface area contributed by atoms with Crippen molar-refractivity contribution in [1.29, 1.82) is 0 Å². The fourth-order valence-electron chi connectivity index (χ4n) is 3.54. The maximum atomic E-state index is 13.5. The summed E-state index contributed by atoms with van der Waals surface area (Å²) in [7, 11) is 0. The predicted molar refractivity (Wildman–Crippen MR) is 91.4 cm³/mol. The first-order valence-corrected chi connectivity index (χ1v) is 8.79. The van der Waals surface area contributed by atoms with Gasteiger partial charge in [-0.3, -0.25) is 4.79 Å². The SMILES string of the molecule is O=C(c1ccc(F)c(F)c1)N1CCC[C@H]1c1ccc2c(c1)OCCCO2. The highest BCUT2D eigenvalue weighted by atomic mass is 19.2. The Labute approximate surface area is 150 Å². The predicted octanol–water partition coefficient (Wildman–Crippen LogP) is 4.10. The van der Waals surface area contributed by atoms with Crippen LogP contribution in [-0.2, 0) is 0 Å². The van der Waals surface area contributed by atoms with E-state index in [1.54, 1.807) is 4.90 Å². The van der Waals surface area contributed by atoms with E-state index in [9.17, 15) is 13.6 Å². The van der Waals surface area contributed by atoms with Gasteiger partial charge in [-0.2, -0.15) is 0 Å². The van der Waals surface area contributed by atoms with Crippen LogP contribution in [0.4, 0.5) is 8.78 Å². The van der Waals surface area contributed by atoms with E-state index < -0.39 is 11.6 Å². The number of carbonyl (C=O) groups is 1. The zero-order valence-corrected chi connectivity index (χ0v) is 14.2. The number of hydrogen-bond acceptors (Lipinski definition) is 3. The number of likely N-dealkylation sites (tertiary alicyclic amines) is 1. The third-order valence-electron chi connectivity index (χ3n) is 4.84. The summed E-state index contributed by atoms with van der Waals surface area (Å²) < 4.78 is 38.0. The monoisotopic (exact) mass is 359 g/mol. The largest absolute Gasteiger partial charge is 0.490 e. The molecule has 1 amide bonds. The average Bonchev–Trinajstić information content (AvgIpc) is 3.02. The minimum absolute atomic E-state index is 0.118. The number of rotatable bonds is 2. The minimum Gasteiger partial charge on any atom is -0.490 e. The highest BCUT2D eigenvalue weighted by Gasteiger charge is 2.31. The van der Waals surface area contributed by atoms with Gasteiger partial charge < -0.3 is 14.4 Å². The summed E-state index contributed by atoms with van der Waals surface area (Å²) in [5.74, 6) is -0.863. The maximum Gasteiger partial charge on any atom is 0.254 e. The van der Waals surface area contributed by atoms with Gasteiger partial charge in [0.05, 0.1) is 19.3 Å². The molecule has 2 aromatic carbocycles. The van der Waals surface area contributed by atoms with Gasteiger partial charge in [-0.25, -0.2) is 8.78 Å². The van der Waals surface area contributed by atoms with Crippen molar-refractivity contribution in [2.24, 2.45) is 0 Å². The molecule has 26 heavy (non-hydrogen) atoms. The molecule has 0 saturated carbocycles. The number of amides is 1. The standard InChI is InChI=1S/C20H19F2NO3/c21-15-6-4-14(11-16(15)22)20(24)23-8-1-3-17(23)13-5-7-18-19(12-13)26-10-2-9-25-18/h4-7,11-12,17H,1-3,8-10H2/t17-/m0/s1. The summed E-state index contributed by atoms with van der Waals surface area (Å²) in [6, 6.07) is 8.88. The molecule has 1 atom stereocenters. The molecule has 0 N–H and O–H groups in total. The Bertz CT molecular complexity index is 840. The summed E-state index contributed by atoms with van der Waals surface area (Å²) in [5.41, 5.74) is 1.12. The molecule has 136 valence electrons. The van der Waals surface area contributed by atoms with E-state index in [0.717, 1.165) is 37.0 Å². The first-order chi connectivity index (χ1) is 12.6. The summed E-state index contributed by atoms with van der Waals surface area (Å²) in [4.78, 5) is 14.5. The van der Waals surface area contributed by atoms with Crippen LogP contribution in [0.1, 0.15) is 41.2 Å². The Balaban J connectivity index is 1.61. The van der Waals surface area contributed by atoms with Crippen LogP contribution in [0.5, 0.6) is 11.5 Å². The fourth-order valence-corrected chi connectivity index (χ4v) is 3.54. The molecule has 0 radical (unpaired) electrons. The van der Waals surface area contributed by atoms with Crippen molar-refractivity contribution < 1.29 is 23.0 Å². The second-order valence-electron chi connectivity index (χ2n) is 6.54. The molecular formula is C20H19F2NO3. The van der Waals surface area contributed by atoms with Crippen LogP contribution in [0.15, 0.2) is 36.4 Å². The third kappa shape index (κ3) is 3.11. The van der Waals surface area contributed by atoms with Gasteiger partial charge >= 0.3 is 0 Å². The number of benzene rings is 2. The quantitative estimate of drug-likeness (QED) is 0.810. The molecule has 2 aliphatic heterocycles. The van der Waals surface area contributed by atoms with E-state index in [0.29, 0.717) is 31.3 Å². The number of ether oxygens (including phenoxy) is 2. The zero-order valence-electron chi connectivity index (χ0n) is 14.2. The number of carbonyl (C=O) groups excluding carboxylic acids is 1. The van der Waals surface area contributed by atoms with Gasteiger partial charge in [0.25, 0.3) is 5.91 Å². The van der Waals surface area contributed by atoms with Crippen molar-refractivity contribution in [2.45, 2.75) is 25.3 Å². The lowest BCUT2D eigenvalue weighted by Crippen LogP contribution is -2.30. The van der Waals surface area contributed by atoms with E-state index in [-0.39, 0.29) is 17.5 Å². The highest BCUT2D eigenvalue weighted by Crippen LogP contribution is 2.38. The Morgan fingerprint density at radius 3 is 2.58 bits per heavy atom. The van der Waals surface area contributed by atoms with E-state index in [4.69, 9.17) is 9.47 Å². The molecule has 4 rings (SSSR count). The van der Waals surface area contributed by atoms with Crippen LogP contribution < -0.4 is 9.47 Å². The van der Waals surface area contributed by atoms with Crippen molar-refractivity contribution >= 4 is 5.91 Å². The Morgan fingerprint density at radius 2 is 1.77 bits per heavy atom. The Morgan fingerprint density at radius 1 is 0.962 bits per heavy atom. The van der Waals surface area contributed by atoms with E-state index >= 15 is 0 Å². The lowest BCUT2D eigenvalue weighted by Gasteiger charge is -2.26. The number of nitrogens with zero attached hydrogens (tertiary/aromatic N) is 1. The Kier molecular flexibility index (Phi) is 4.49. The maximum absolute atomic E-state index is 13.5. The minimum atomic E-state index is -1.01. The van der Waals surface area contributed by atoms with Crippen LogP contribution in [0.25, 0.3) is 0 Å². The first-order valence-electron chi connectivity index (χ1n) is 8.79. The van der Waals surface area contributed by atoms with Crippen LogP contribution in [0.3, 0.4) is 0 Å². The van der Waals surface area contributed by atoms with Crippen molar-refractivity contribution in [3.05, 3.63) is 59.2 Å². The molecule has 0 unspecified atom stereocenters. The van der Waals surface area contributed by atoms with Crippen LogP contribution in [0.2, 0.25) is 0 Å². The molecule has 0 spiro atoms. The molecule has 1 fully saturated rings. The number of fused-ring (bicyclic) bond motifs is 1. The second-order valence-corrected chi connectivity index (χ2v) is 6.54. The number of halogens is 2. The summed E-state index contributed by atoms with van der Waals surface area (Å²) in [5, 5.41) is 0. The second kappa shape index (κ2) is 6.94. The zero-order chi connectivity index (χ0) is 18.1. The van der Waals surface area contributed by atoms with E-state index in [1.807, 2.05) is 18.2 Å². The molecule has 2 aliphatic rings. The topological polar surface area (TPSA) is 38.8 Å². The smallest absolute Gasteiger partial charge is 0.254 e.